The van der Waals surface area contributed by atoms with E-state index in [2.05, 4.69) is 15.5 Å². The van der Waals surface area contributed by atoms with Crippen LogP contribution in [0.5, 0.6) is 11.5 Å². The molecule has 2 amide bonds. The third-order valence-electron chi connectivity index (χ3n) is 15.1. The van der Waals surface area contributed by atoms with Crippen LogP contribution in [0.3, 0.4) is 0 Å². The number of carbonyl (C=O) groups is 5. The summed E-state index contributed by atoms with van der Waals surface area (Å²) in [5.41, 5.74) is -0.00956. The molecule has 86 heavy (non-hydrogen) atoms. The second kappa shape index (κ2) is 34.8. The Labute approximate surface area is 498 Å². The Morgan fingerprint density at radius 1 is 0.698 bits per heavy atom. The number of nitrogens with zero attached hydrogens (tertiary/aromatic N) is 3. The lowest BCUT2D eigenvalue weighted by atomic mass is 9.78. The lowest BCUT2D eigenvalue weighted by molar-refractivity contribution is -0.172. The van der Waals surface area contributed by atoms with E-state index in [1.165, 1.54) is 4.57 Å². The predicted octanol–water partition coefficient (Wildman–Crippen LogP) is 3.06. The largest absolute Gasteiger partial charge is 0.481 e. The summed E-state index contributed by atoms with van der Waals surface area (Å²) in [6.07, 6.45) is 4.42. The van der Waals surface area contributed by atoms with Gasteiger partial charge in [0.15, 0.2) is 17.1 Å². The van der Waals surface area contributed by atoms with Crippen molar-refractivity contribution in [3.63, 3.8) is 0 Å². The van der Waals surface area contributed by atoms with Crippen LogP contribution >= 0.6 is 0 Å². The number of nitrogens with one attached hydrogen (secondary N) is 2. The van der Waals surface area contributed by atoms with Crippen LogP contribution < -0.4 is 25.7 Å². The van der Waals surface area contributed by atoms with Crippen LogP contribution in [-0.4, -0.2) is 218 Å². The van der Waals surface area contributed by atoms with Crippen molar-refractivity contribution in [2.45, 2.75) is 90.2 Å². The second-order valence-corrected chi connectivity index (χ2v) is 21.0. The molecule has 5 heterocycles. The van der Waals surface area contributed by atoms with E-state index >= 15 is 0 Å². The first-order valence-electron chi connectivity index (χ1n) is 29.4. The summed E-state index contributed by atoms with van der Waals surface area (Å²) in [5.74, 6) is -1.76. The van der Waals surface area contributed by atoms with E-state index in [1.807, 2.05) is 19.1 Å². The highest BCUT2D eigenvalue weighted by molar-refractivity contribution is 5.91. The summed E-state index contributed by atoms with van der Waals surface area (Å²) in [5, 5.41) is 35.4. The number of aliphatic hydroxyl groups is 1. The fourth-order valence-corrected chi connectivity index (χ4v) is 10.1. The quantitative estimate of drug-likeness (QED) is 0.0242. The summed E-state index contributed by atoms with van der Waals surface area (Å²) in [6.45, 7) is 11.8. The molecule has 3 aromatic rings. The maximum Gasteiger partial charge on any atom is 0.407 e. The molecule has 5 N–H and O–H groups in total. The van der Waals surface area contributed by atoms with Gasteiger partial charge in [0.25, 0.3) is 5.56 Å². The summed E-state index contributed by atoms with van der Waals surface area (Å²) in [6, 6.07) is 5.17. The van der Waals surface area contributed by atoms with Gasteiger partial charge < -0.3 is 92.1 Å². The SMILES string of the molecule is CC[C@@]1(O)C(=O)OCc2c1cc1n(c2=O)Cc2c-1nc1cc3c(cc1c2CNC(=O)O[C@H]1/C=C/CC[C@@](C)(C(=O)NCCOCCOCCOCCN(CCOCCOCCOCCC(=O)O)CCOCCOCCOCCC(=O)O)CC1)OCO3. The molecule has 2 aromatic heterocycles. The molecular weight excluding hydrogens is 1130 g/mol. The number of alkyl carbamates (subject to hydrolysis) is 1. The summed E-state index contributed by atoms with van der Waals surface area (Å²) < 4.78 is 74.2. The highest BCUT2D eigenvalue weighted by Crippen LogP contribution is 2.43. The number of hydrogen-bond donors (Lipinski definition) is 5. The molecule has 7 rings (SSSR count). The highest BCUT2D eigenvalue weighted by atomic mass is 16.7. The molecule has 3 aliphatic heterocycles. The monoisotopic (exact) mass is 1210 g/mol. The van der Waals surface area contributed by atoms with Gasteiger partial charge in [-0.1, -0.05) is 19.9 Å². The fraction of sp³-hybridized carbons (Fsp3) is 0.644. The van der Waals surface area contributed by atoms with Gasteiger partial charge in [-0.25, -0.2) is 14.6 Å². The van der Waals surface area contributed by atoms with Gasteiger partial charge in [-0.2, -0.15) is 0 Å². The van der Waals surface area contributed by atoms with Crippen LogP contribution in [0.15, 0.2) is 35.1 Å². The Morgan fingerprint density at radius 3 is 1.81 bits per heavy atom. The summed E-state index contributed by atoms with van der Waals surface area (Å²) >= 11 is 0. The normalized spacial score (nSPS) is 18.9. The van der Waals surface area contributed by atoms with E-state index in [0.29, 0.717) is 196 Å². The molecule has 4 aliphatic rings. The molecule has 1 aliphatic carbocycles. The van der Waals surface area contributed by atoms with Crippen LogP contribution in [0.25, 0.3) is 22.3 Å². The zero-order valence-electron chi connectivity index (χ0n) is 49.2. The Morgan fingerprint density at radius 2 is 1.24 bits per heavy atom. The number of aromatic nitrogens is 2. The zero-order valence-corrected chi connectivity index (χ0v) is 49.2. The molecule has 27 nitrogen and oxygen atoms in total. The average molecular weight is 1210 g/mol. The zero-order chi connectivity index (χ0) is 61.2. The molecule has 1 aromatic carbocycles. The van der Waals surface area contributed by atoms with Crippen LogP contribution in [0, 0.1) is 5.41 Å². The van der Waals surface area contributed by atoms with Crippen molar-refractivity contribution in [2.24, 2.45) is 5.41 Å². The van der Waals surface area contributed by atoms with Crippen LogP contribution in [-0.2, 0) is 96.6 Å². The van der Waals surface area contributed by atoms with E-state index in [1.54, 1.807) is 25.1 Å². The van der Waals surface area contributed by atoms with Crippen molar-refractivity contribution >= 4 is 40.8 Å². The molecule has 0 radical (unpaired) electrons. The number of carboxylic acid groups (broad SMARTS) is 2. The topological polar surface area (TPSA) is 328 Å². The number of fused-ring (bicyclic) bond motifs is 6. The average Bonchev–Trinajstić information content (AvgIpc) is 1.79. The minimum Gasteiger partial charge on any atom is -0.481 e. The lowest BCUT2D eigenvalue weighted by Crippen LogP contribution is -2.44. The lowest BCUT2D eigenvalue weighted by Gasteiger charge is -2.31. The number of hydrogen-bond acceptors (Lipinski definition) is 22. The standard InChI is InChI=1S/C59H83N5O22/c1-3-59(73)46-35-48-53-44(38-64(48)54(69)45(46)39-83-56(59)71)43(42-34-49-50(85-40-84-49)36-47(42)62-53)37-61-57(72)86-41-6-4-5-10-58(2,11-7-41)55(70)60-12-18-76-24-30-82-33-27-79-21-15-63(13-19-77-25-31-80-28-22-74-16-8-51(65)66)14-20-78-26-32-81-29-23-75-17-9-52(67)68/h4,6,34-36,41,73H,3,5,7-33,37-40H2,1-2H3,(H,60,70)(H,61,72)(H,65,66)(H,67,68)/b6-4+/t41-,58+,59-/m0/s1. The number of aliphatic carboxylic acids is 2. The molecular formula is C59H83N5O22. The third kappa shape index (κ3) is 19.8. The first-order valence-corrected chi connectivity index (χ1v) is 29.4. The van der Waals surface area contributed by atoms with E-state index in [0.717, 1.165) is 0 Å². The van der Waals surface area contributed by atoms with Crippen molar-refractivity contribution < 1.29 is 101 Å². The molecule has 476 valence electrons. The van der Waals surface area contributed by atoms with Gasteiger partial charge in [0.2, 0.25) is 12.7 Å². The molecule has 27 heteroatoms. The summed E-state index contributed by atoms with van der Waals surface area (Å²) in [7, 11) is 0. The fourth-order valence-electron chi connectivity index (χ4n) is 10.1. The predicted molar refractivity (Wildman–Crippen MR) is 305 cm³/mol. The number of pyridine rings is 2. The van der Waals surface area contributed by atoms with Gasteiger partial charge in [0.1, 0.15) is 12.7 Å². The molecule has 0 bridgehead atoms. The molecule has 0 fully saturated rings. The number of amides is 2. The summed E-state index contributed by atoms with van der Waals surface area (Å²) in [4.78, 5) is 82.3. The van der Waals surface area contributed by atoms with E-state index < -0.39 is 46.7 Å². The number of esters is 1. The smallest absolute Gasteiger partial charge is 0.407 e. The maximum atomic E-state index is 14.0. The number of benzene rings is 1. The molecule has 0 saturated carbocycles. The van der Waals surface area contributed by atoms with Gasteiger partial charge in [0, 0.05) is 60.7 Å². The van der Waals surface area contributed by atoms with Crippen LogP contribution in [0.4, 0.5) is 4.79 Å². The number of carbonyl (C=O) groups excluding carboxylic acids is 3. The first kappa shape index (κ1) is 67.1. The third-order valence-corrected chi connectivity index (χ3v) is 15.1. The van der Waals surface area contributed by atoms with Crippen molar-refractivity contribution in [2.75, 3.05) is 152 Å². The number of allylic oxidation sites excluding steroid dienone is 1. The first-order chi connectivity index (χ1) is 41.7. The van der Waals surface area contributed by atoms with Gasteiger partial charge >= 0.3 is 24.0 Å². The van der Waals surface area contributed by atoms with E-state index in [9.17, 15) is 33.9 Å². The number of rotatable bonds is 41. The number of cyclic esters (lactones) is 1. The minimum absolute atomic E-state index is 0.000839. The molecule has 0 unspecified atom stereocenters. The Kier molecular flexibility index (Phi) is 27.2. The van der Waals surface area contributed by atoms with Crippen molar-refractivity contribution in [1.82, 2.24) is 25.1 Å². The highest BCUT2D eigenvalue weighted by Gasteiger charge is 2.46. The molecule has 0 saturated heterocycles. The minimum atomic E-state index is -2.00. The Bertz CT molecular complexity index is 2780. The Hall–Kier alpha value is -6.37. The van der Waals surface area contributed by atoms with E-state index in [-0.39, 0.29) is 82.6 Å². The van der Waals surface area contributed by atoms with Gasteiger partial charge in [-0.15, -0.1) is 0 Å². The van der Waals surface area contributed by atoms with Gasteiger partial charge in [-0.3, -0.25) is 24.1 Å². The van der Waals surface area contributed by atoms with Crippen molar-refractivity contribution in [3.8, 4) is 22.9 Å². The molecule has 0 spiro atoms. The van der Waals surface area contributed by atoms with Crippen molar-refractivity contribution in [3.05, 3.63) is 63.0 Å². The Balaban J connectivity index is 0.773. The van der Waals surface area contributed by atoms with Crippen LogP contribution in [0.1, 0.15) is 81.0 Å². The van der Waals surface area contributed by atoms with Crippen LogP contribution in [0.2, 0.25) is 0 Å². The van der Waals surface area contributed by atoms with Crippen molar-refractivity contribution in [1.29, 1.82) is 0 Å². The number of carboxylic acids is 2. The van der Waals surface area contributed by atoms with Gasteiger partial charge in [0.05, 0.1) is 161 Å². The number of ether oxygens (including phenoxy) is 13. The molecule has 3 atom stereocenters. The maximum absolute atomic E-state index is 14.0. The van der Waals surface area contributed by atoms with E-state index in [4.69, 9.17) is 76.8 Å². The van der Waals surface area contributed by atoms with Gasteiger partial charge in [-0.05, 0) is 55.9 Å². The second-order valence-electron chi connectivity index (χ2n) is 21.0.